The molecule has 2 rings (SSSR count). The fourth-order valence-corrected chi connectivity index (χ4v) is 2.03. The molecule has 0 bridgehead atoms. The molecule has 1 heterocycles. The van der Waals surface area contributed by atoms with Gasteiger partial charge in [0.25, 0.3) is 0 Å². The summed E-state index contributed by atoms with van der Waals surface area (Å²) >= 11 is 0. The first-order chi connectivity index (χ1) is 10.1. The Hall–Kier alpha value is -2.01. The first-order valence-corrected chi connectivity index (χ1v) is 7.09. The quantitative estimate of drug-likeness (QED) is 0.848. The van der Waals surface area contributed by atoms with Crippen LogP contribution in [0.15, 0.2) is 28.8 Å². The summed E-state index contributed by atoms with van der Waals surface area (Å²) in [6, 6.07) is 5.98. The van der Waals surface area contributed by atoms with Gasteiger partial charge in [0.2, 0.25) is 5.89 Å². The molecule has 2 aromatic rings. The first kappa shape index (κ1) is 15.4. The molecule has 114 valence electrons. The monoisotopic (exact) mass is 290 g/mol. The second-order valence-electron chi connectivity index (χ2n) is 4.83. The van der Waals surface area contributed by atoms with E-state index in [0.29, 0.717) is 19.0 Å². The van der Waals surface area contributed by atoms with Crippen LogP contribution in [0, 0.1) is 6.92 Å². The van der Waals surface area contributed by atoms with E-state index in [1.54, 1.807) is 13.3 Å². The minimum Gasteiger partial charge on any atom is -0.493 e. The zero-order valence-electron chi connectivity index (χ0n) is 13.0. The zero-order valence-corrected chi connectivity index (χ0v) is 13.0. The summed E-state index contributed by atoms with van der Waals surface area (Å²) in [6.07, 6.45) is 1.73. The molecule has 0 spiro atoms. The number of methoxy groups -OCH3 is 1. The number of hydrogen-bond donors (Lipinski definition) is 1. The molecule has 0 fully saturated rings. The Balaban J connectivity index is 1.99. The highest BCUT2D eigenvalue weighted by molar-refractivity contribution is 5.42. The topological polar surface area (TPSA) is 56.5 Å². The van der Waals surface area contributed by atoms with Crippen LogP contribution in [0.4, 0.5) is 0 Å². The van der Waals surface area contributed by atoms with Crippen molar-refractivity contribution in [1.82, 2.24) is 10.3 Å². The molecule has 5 heteroatoms. The number of oxazole rings is 1. The van der Waals surface area contributed by atoms with Crippen LogP contribution in [-0.2, 0) is 6.54 Å². The Morgan fingerprint density at radius 1 is 1.33 bits per heavy atom. The maximum absolute atomic E-state index is 5.51. The normalized spacial score (nSPS) is 12.2. The van der Waals surface area contributed by atoms with Crippen molar-refractivity contribution in [3.05, 3.63) is 41.6 Å². The van der Waals surface area contributed by atoms with E-state index in [-0.39, 0.29) is 6.04 Å². The molecular formula is C16H22N2O3. The number of aryl methyl sites for hydroxylation is 1. The van der Waals surface area contributed by atoms with E-state index in [1.165, 1.54) is 0 Å². The third-order valence-electron chi connectivity index (χ3n) is 3.15. The Bertz CT molecular complexity index is 581. The minimum atomic E-state index is 0.0521. The van der Waals surface area contributed by atoms with Gasteiger partial charge in [-0.3, -0.25) is 0 Å². The van der Waals surface area contributed by atoms with Crippen LogP contribution >= 0.6 is 0 Å². The van der Waals surface area contributed by atoms with Crippen LogP contribution < -0.4 is 14.8 Å². The summed E-state index contributed by atoms with van der Waals surface area (Å²) in [5.41, 5.74) is 1.12. The van der Waals surface area contributed by atoms with E-state index in [9.17, 15) is 0 Å². The van der Waals surface area contributed by atoms with Gasteiger partial charge in [-0.2, -0.15) is 0 Å². The average Bonchev–Trinajstić information content (AvgIpc) is 2.92. The molecule has 0 aliphatic carbocycles. The molecule has 0 amide bonds. The summed E-state index contributed by atoms with van der Waals surface area (Å²) in [4.78, 5) is 4.23. The third-order valence-corrected chi connectivity index (χ3v) is 3.15. The first-order valence-electron chi connectivity index (χ1n) is 7.09. The third kappa shape index (κ3) is 3.98. The van der Waals surface area contributed by atoms with Crippen molar-refractivity contribution in [3.63, 3.8) is 0 Å². The summed E-state index contributed by atoms with van der Waals surface area (Å²) in [5.74, 6) is 3.03. The number of rotatable bonds is 7. The fourth-order valence-electron chi connectivity index (χ4n) is 2.03. The SMILES string of the molecule is CCOc1ccc(CNC(C)c2ncc(C)o2)cc1OC. The average molecular weight is 290 g/mol. The molecule has 1 aromatic carbocycles. The van der Waals surface area contributed by atoms with Gasteiger partial charge in [0, 0.05) is 6.54 Å². The van der Waals surface area contributed by atoms with Gasteiger partial charge < -0.3 is 19.2 Å². The zero-order chi connectivity index (χ0) is 15.2. The van der Waals surface area contributed by atoms with E-state index in [1.807, 2.05) is 39.0 Å². The molecule has 0 aliphatic rings. The predicted molar refractivity (Wildman–Crippen MR) is 80.7 cm³/mol. The number of benzene rings is 1. The lowest BCUT2D eigenvalue weighted by atomic mass is 10.2. The van der Waals surface area contributed by atoms with E-state index in [0.717, 1.165) is 22.8 Å². The largest absolute Gasteiger partial charge is 0.493 e. The van der Waals surface area contributed by atoms with Crippen molar-refractivity contribution in [2.45, 2.75) is 33.4 Å². The summed E-state index contributed by atoms with van der Waals surface area (Å²) in [5, 5.41) is 3.38. The summed E-state index contributed by atoms with van der Waals surface area (Å²) in [7, 11) is 1.65. The minimum absolute atomic E-state index is 0.0521. The van der Waals surface area contributed by atoms with Crippen LogP contribution in [0.2, 0.25) is 0 Å². The van der Waals surface area contributed by atoms with Gasteiger partial charge in [-0.05, 0) is 38.5 Å². The second kappa shape index (κ2) is 7.13. The highest BCUT2D eigenvalue weighted by atomic mass is 16.5. The standard InChI is InChI=1S/C16H22N2O3/c1-5-20-14-7-6-13(8-15(14)19-4)10-17-12(3)16-18-9-11(2)21-16/h6-9,12,17H,5,10H2,1-4H3. The van der Waals surface area contributed by atoms with Gasteiger partial charge in [-0.15, -0.1) is 0 Å². The fraction of sp³-hybridized carbons (Fsp3) is 0.438. The molecule has 1 unspecified atom stereocenters. The van der Waals surface area contributed by atoms with Crippen molar-refractivity contribution >= 4 is 0 Å². The van der Waals surface area contributed by atoms with Crippen LogP contribution in [0.3, 0.4) is 0 Å². The van der Waals surface area contributed by atoms with E-state index in [2.05, 4.69) is 10.3 Å². The lowest BCUT2D eigenvalue weighted by molar-refractivity contribution is 0.310. The van der Waals surface area contributed by atoms with Crippen LogP contribution in [0.25, 0.3) is 0 Å². The molecule has 21 heavy (non-hydrogen) atoms. The highest BCUT2D eigenvalue weighted by Crippen LogP contribution is 2.28. The number of hydrogen-bond acceptors (Lipinski definition) is 5. The molecule has 0 radical (unpaired) electrons. The summed E-state index contributed by atoms with van der Waals surface area (Å²) in [6.45, 7) is 7.19. The predicted octanol–water partition coefficient (Wildman–Crippen LogP) is 3.24. The molecular weight excluding hydrogens is 268 g/mol. The van der Waals surface area contributed by atoms with E-state index in [4.69, 9.17) is 13.9 Å². The van der Waals surface area contributed by atoms with Crippen molar-refractivity contribution in [3.8, 4) is 11.5 Å². The van der Waals surface area contributed by atoms with E-state index >= 15 is 0 Å². The van der Waals surface area contributed by atoms with Gasteiger partial charge >= 0.3 is 0 Å². The lowest BCUT2D eigenvalue weighted by Gasteiger charge is -2.13. The van der Waals surface area contributed by atoms with E-state index < -0.39 is 0 Å². The van der Waals surface area contributed by atoms with Crippen molar-refractivity contribution in [2.24, 2.45) is 0 Å². The maximum atomic E-state index is 5.51. The van der Waals surface area contributed by atoms with Crippen molar-refractivity contribution < 1.29 is 13.9 Å². The van der Waals surface area contributed by atoms with Crippen molar-refractivity contribution in [1.29, 1.82) is 0 Å². The summed E-state index contributed by atoms with van der Waals surface area (Å²) < 4.78 is 16.4. The van der Waals surface area contributed by atoms with Crippen LogP contribution in [0.1, 0.15) is 37.1 Å². The Labute approximate surface area is 125 Å². The van der Waals surface area contributed by atoms with Gasteiger partial charge in [-0.1, -0.05) is 6.07 Å². The number of nitrogens with zero attached hydrogens (tertiary/aromatic N) is 1. The van der Waals surface area contributed by atoms with Gasteiger partial charge in [0.15, 0.2) is 11.5 Å². The van der Waals surface area contributed by atoms with Crippen LogP contribution in [0.5, 0.6) is 11.5 Å². The molecule has 1 atom stereocenters. The Morgan fingerprint density at radius 3 is 2.76 bits per heavy atom. The molecule has 0 aliphatic heterocycles. The smallest absolute Gasteiger partial charge is 0.211 e. The van der Waals surface area contributed by atoms with Gasteiger partial charge in [0.05, 0.1) is 26.0 Å². The number of ether oxygens (including phenoxy) is 2. The van der Waals surface area contributed by atoms with Gasteiger partial charge in [0.1, 0.15) is 5.76 Å². The number of aromatic nitrogens is 1. The maximum Gasteiger partial charge on any atom is 0.211 e. The molecule has 0 saturated heterocycles. The van der Waals surface area contributed by atoms with Gasteiger partial charge in [-0.25, -0.2) is 4.98 Å². The lowest BCUT2D eigenvalue weighted by Crippen LogP contribution is -2.18. The molecule has 1 N–H and O–H groups in total. The Morgan fingerprint density at radius 2 is 2.14 bits per heavy atom. The molecule has 5 nitrogen and oxygen atoms in total. The van der Waals surface area contributed by atoms with Crippen LogP contribution in [-0.4, -0.2) is 18.7 Å². The second-order valence-corrected chi connectivity index (χ2v) is 4.83. The molecule has 0 saturated carbocycles. The molecule has 1 aromatic heterocycles. The highest BCUT2D eigenvalue weighted by Gasteiger charge is 2.11. The number of nitrogens with one attached hydrogen (secondary N) is 1. The van der Waals surface area contributed by atoms with Crippen molar-refractivity contribution in [2.75, 3.05) is 13.7 Å². The Kier molecular flexibility index (Phi) is 5.22.